The smallest absolute Gasteiger partial charge is 0.262 e. The van der Waals surface area contributed by atoms with E-state index in [0.717, 1.165) is 21.9 Å². The molecule has 0 fully saturated rings. The maximum absolute atomic E-state index is 12.8. The fraction of sp³-hybridized carbons (Fsp3) is 0.133. The zero-order valence-electron chi connectivity index (χ0n) is 20.0. The molecule has 180 valence electrons. The number of carbonyl (C=O) groups is 1. The van der Waals surface area contributed by atoms with Crippen LogP contribution in [0.1, 0.15) is 29.7 Å². The summed E-state index contributed by atoms with van der Waals surface area (Å²) in [5.74, 6) is 0.603. The van der Waals surface area contributed by atoms with Gasteiger partial charge in [0.15, 0.2) is 11.5 Å². The Kier molecular flexibility index (Phi) is 8.04. The molecule has 0 aliphatic carbocycles. The Morgan fingerprint density at radius 3 is 2.50 bits per heavy atom. The minimum absolute atomic E-state index is 0.00930. The fourth-order valence-corrected chi connectivity index (χ4v) is 4.35. The first-order valence-corrected chi connectivity index (χ1v) is 12.2. The lowest BCUT2D eigenvalue weighted by molar-refractivity contribution is -0.117. The Bertz CT molecular complexity index is 1450. The predicted octanol–water partition coefficient (Wildman–Crippen LogP) is 6.97. The van der Waals surface area contributed by atoms with Gasteiger partial charge in [0.05, 0.1) is 13.2 Å². The highest BCUT2D eigenvalue weighted by Gasteiger charge is 2.16. The summed E-state index contributed by atoms with van der Waals surface area (Å²) in [7, 11) is 1.56. The lowest BCUT2D eigenvalue weighted by Crippen LogP contribution is -2.27. The lowest BCUT2D eigenvalue weighted by atomic mass is 10.1. The van der Waals surface area contributed by atoms with Crippen LogP contribution in [-0.2, 0) is 11.4 Å². The van der Waals surface area contributed by atoms with Crippen molar-refractivity contribution in [1.29, 1.82) is 5.26 Å². The van der Waals surface area contributed by atoms with Gasteiger partial charge in [0.1, 0.15) is 18.2 Å². The van der Waals surface area contributed by atoms with Gasteiger partial charge in [-0.15, -0.1) is 0 Å². The first-order valence-electron chi connectivity index (χ1n) is 11.4. The third-order valence-electron chi connectivity index (χ3n) is 5.86. The summed E-state index contributed by atoms with van der Waals surface area (Å²) in [6.45, 7) is 2.24. The van der Waals surface area contributed by atoms with Gasteiger partial charge >= 0.3 is 0 Å². The van der Waals surface area contributed by atoms with Gasteiger partial charge in [-0.1, -0.05) is 88.7 Å². The van der Waals surface area contributed by atoms with E-state index in [0.29, 0.717) is 28.1 Å². The molecule has 0 bridgehead atoms. The molecule has 4 aromatic rings. The second-order valence-electron chi connectivity index (χ2n) is 8.23. The molecule has 36 heavy (non-hydrogen) atoms. The van der Waals surface area contributed by atoms with Gasteiger partial charge in [-0.05, 0) is 52.6 Å². The Morgan fingerprint density at radius 2 is 1.75 bits per heavy atom. The van der Waals surface area contributed by atoms with E-state index in [1.54, 1.807) is 19.2 Å². The van der Waals surface area contributed by atoms with Crippen LogP contribution < -0.4 is 14.8 Å². The van der Waals surface area contributed by atoms with Gasteiger partial charge in [0, 0.05) is 4.47 Å². The highest BCUT2D eigenvalue weighted by molar-refractivity contribution is 9.10. The number of benzene rings is 4. The molecule has 1 atom stereocenters. The van der Waals surface area contributed by atoms with Crippen molar-refractivity contribution in [2.24, 2.45) is 0 Å². The molecule has 0 spiro atoms. The molecule has 5 nitrogen and oxygen atoms in total. The molecule has 0 unspecified atom stereocenters. The van der Waals surface area contributed by atoms with Crippen molar-refractivity contribution in [2.45, 2.75) is 19.6 Å². The number of nitrogens with one attached hydrogen (secondary N) is 1. The summed E-state index contributed by atoms with van der Waals surface area (Å²) in [6.07, 6.45) is 1.54. The Balaban J connectivity index is 1.54. The maximum Gasteiger partial charge on any atom is 0.262 e. The van der Waals surface area contributed by atoms with Gasteiger partial charge in [-0.3, -0.25) is 4.79 Å². The third-order valence-corrected chi connectivity index (χ3v) is 6.54. The molecule has 0 heterocycles. The lowest BCUT2D eigenvalue weighted by Gasteiger charge is -2.15. The second kappa shape index (κ2) is 11.6. The second-order valence-corrected chi connectivity index (χ2v) is 9.08. The van der Waals surface area contributed by atoms with E-state index in [1.165, 1.54) is 6.08 Å². The van der Waals surface area contributed by atoms with Gasteiger partial charge in [-0.2, -0.15) is 5.26 Å². The molecule has 1 amide bonds. The number of nitriles is 1. The summed E-state index contributed by atoms with van der Waals surface area (Å²) >= 11 is 3.55. The van der Waals surface area contributed by atoms with Crippen molar-refractivity contribution in [3.05, 3.63) is 112 Å². The quantitative estimate of drug-likeness (QED) is 0.193. The molecule has 0 aliphatic heterocycles. The number of carbonyl (C=O) groups excluding carboxylic acids is 1. The maximum atomic E-state index is 12.8. The normalized spacial score (nSPS) is 12.0. The van der Waals surface area contributed by atoms with E-state index in [2.05, 4.69) is 39.4 Å². The average Bonchev–Trinajstić information content (AvgIpc) is 2.91. The Hall–Kier alpha value is -4.08. The van der Waals surface area contributed by atoms with Crippen LogP contribution in [-0.4, -0.2) is 13.0 Å². The van der Waals surface area contributed by atoms with Crippen LogP contribution in [0.25, 0.3) is 16.8 Å². The van der Waals surface area contributed by atoms with E-state index >= 15 is 0 Å². The van der Waals surface area contributed by atoms with Crippen molar-refractivity contribution in [3.63, 3.8) is 0 Å². The van der Waals surface area contributed by atoms with Gasteiger partial charge in [0.2, 0.25) is 0 Å². The van der Waals surface area contributed by atoms with Crippen molar-refractivity contribution < 1.29 is 14.3 Å². The highest BCUT2D eigenvalue weighted by Crippen LogP contribution is 2.35. The summed E-state index contributed by atoms with van der Waals surface area (Å²) in [4.78, 5) is 12.8. The predicted molar refractivity (Wildman–Crippen MR) is 146 cm³/mol. The summed E-state index contributed by atoms with van der Waals surface area (Å²) in [5, 5.41) is 14.8. The number of ether oxygens (including phenoxy) is 2. The van der Waals surface area contributed by atoms with Crippen LogP contribution in [0.5, 0.6) is 11.5 Å². The minimum atomic E-state index is -0.448. The van der Waals surface area contributed by atoms with Crippen LogP contribution >= 0.6 is 15.9 Å². The van der Waals surface area contributed by atoms with Crippen molar-refractivity contribution in [3.8, 4) is 17.6 Å². The summed E-state index contributed by atoms with van der Waals surface area (Å²) in [5.41, 5.74) is 2.64. The number of hydrogen-bond acceptors (Lipinski definition) is 4. The molecule has 0 radical (unpaired) electrons. The summed E-state index contributed by atoms with van der Waals surface area (Å²) < 4.78 is 12.3. The van der Waals surface area contributed by atoms with Crippen LogP contribution in [0.15, 0.2) is 95.0 Å². The number of nitrogens with zero attached hydrogens (tertiary/aromatic N) is 1. The van der Waals surface area contributed by atoms with E-state index < -0.39 is 5.91 Å². The fourth-order valence-electron chi connectivity index (χ4n) is 3.91. The number of fused-ring (bicyclic) bond motifs is 1. The number of rotatable bonds is 8. The topological polar surface area (TPSA) is 71.3 Å². The third kappa shape index (κ3) is 5.76. The van der Waals surface area contributed by atoms with Crippen molar-refractivity contribution in [1.82, 2.24) is 5.32 Å². The van der Waals surface area contributed by atoms with Gasteiger partial charge < -0.3 is 14.8 Å². The average molecular weight is 541 g/mol. The number of amides is 1. The van der Waals surface area contributed by atoms with E-state index in [9.17, 15) is 10.1 Å². The molecule has 0 saturated heterocycles. The van der Waals surface area contributed by atoms with E-state index in [1.807, 2.05) is 67.6 Å². The first kappa shape index (κ1) is 25.0. The number of halogens is 1. The van der Waals surface area contributed by atoms with Gasteiger partial charge in [-0.25, -0.2) is 0 Å². The molecular formula is C30H25BrN2O3. The van der Waals surface area contributed by atoms with E-state index in [-0.39, 0.29) is 11.6 Å². The van der Waals surface area contributed by atoms with Crippen molar-refractivity contribution >= 4 is 38.7 Å². The molecule has 1 N–H and O–H groups in total. The van der Waals surface area contributed by atoms with Gasteiger partial charge in [0.25, 0.3) is 5.91 Å². The largest absolute Gasteiger partial charge is 0.493 e. The minimum Gasteiger partial charge on any atom is -0.493 e. The summed E-state index contributed by atoms with van der Waals surface area (Å²) in [6, 6.07) is 29.2. The van der Waals surface area contributed by atoms with Crippen molar-refractivity contribution in [2.75, 3.05) is 7.11 Å². The zero-order chi connectivity index (χ0) is 25.5. The van der Waals surface area contributed by atoms with E-state index in [4.69, 9.17) is 9.47 Å². The number of methoxy groups -OCH3 is 1. The molecule has 0 aliphatic rings. The zero-order valence-corrected chi connectivity index (χ0v) is 21.6. The van der Waals surface area contributed by atoms with Crippen LogP contribution in [0.2, 0.25) is 0 Å². The van der Waals surface area contributed by atoms with Crippen LogP contribution in [0, 0.1) is 11.3 Å². The standard InChI is InChI=1S/C30H25BrN2O3/c1-20(21-9-4-3-5-10-21)33-30(34)25(18-32)15-24-16-28(35-2)29(17-27(24)31)36-19-23-13-8-12-22-11-6-7-14-26(22)23/h3-17,20H,19H2,1-2H3,(H,33,34)/b25-15-/t20-/m0/s1. The Morgan fingerprint density at radius 1 is 1.03 bits per heavy atom. The molecule has 4 aromatic carbocycles. The molecule has 0 aromatic heterocycles. The SMILES string of the molecule is COc1cc(/C=C(/C#N)C(=O)N[C@@H](C)c2ccccc2)c(Br)cc1OCc1cccc2ccccc12. The van der Waals surface area contributed by atoms with Crippen LogP contribution in [0.3, 0.4) is 0 Å². The van der Waals surface area contributed by atoms with Crippen LogP contribution in [0.4, 0.5) is 0 Å². The monoisotopic (exact) mass is 540 g/mol. The molecule has 6 heteroatoms. The Labute approximate surface area is 219 Å². The highest BCUT2D eigenvalue weighted by atomic mass is 79.9. The molecule has 4 rings (SSSR count). The number of hydrogen-bond donors (Lipinski definition) is 1. The first-order chi connectivity index (χ1) is 17.5. The molecular weight excluding hydrogens is 516 g/mol. The molecule has 0 saturated carbocycles.